The van der Waals surface area contributed by atoms with Crippen LogP contribution in [-0.2, 0) is 0 Å². The molecule has 4 fully saturated rings. The molecule has 0 spiro atoms. The first-order chi connectivity index (χ1) is 18.5. The molecule has 0 aromatic rings. The molecule has 0 N–H and O–H groups in total. The summed E-state index contributed by atoms with van der Waals surface area (Å²) < 4.78 is 0. The van der Waals surface area contributed by atoms with Crippen LogP contribution in [0.2, 0.25) is 17.5 Å². The van der Waals surface area contributed by atoms with Gasteiger partial charge in [-0.2, -0.15) is 0 Å². The van der Waals surface area contributed by atoms with Crippen LogP contribution in [0.4, 0.5) is 0 Å². The Bertz CT molecular complexity index is 846. The normalized spacial score (nSPS) is 57.3. The molecule has 0 aromatic carbocycles. The van der Waals surface area contributed by atoms with Crippen molar-refractivity contribution in [1.29, 1.82) is 0 Å². The van der Waals surface area contributed by atoms with Gasteiger partial charge in [0.25, 0.3) is 0 Å². The van der Waals surface area contributed by atoms with Crippen molar-refractivity contribution in [3.8, 4) is 0 Å². The maximum atomic E-state index is 3.13. The third-order valence-corrected chi connectivity index (χ3v) is 16.3. The summed E-state index contributed by atoms with van der Waals surface area (Å²) in [5.41, 5.74) is 0. The van der Waals surface area contributed by atoms with Gasteiger partial charge in [0.15, 0.2) is 6.71 Å². The van der Waals surface area contributed by atoms with E-state index in [9.17, 15) is 0 Å². The van der Waals surface area contributed by atoms with E-state index in [-0.39, 0.29) is 0 Å². The summed E-state index contributed by atoms with van der Waals surface area (Å²) in [5.74, 6) is 10.8. The van der Waals surface area contributed by atoms with E-state index in [4.69, 9.17) is 0 Å². The third kappa shape index (κ3) is 5.20. The number of hydrogen-bond acceptors (Lipinski definition) is 2. The Labute approximate surface area is 252 Å². The Balaban J connectivity index is 1.78. The molecular weight excluding hydrogens is 483 g/mol. The largest absolute Gasteiger partial charge is 0.298 e. The Hall–Kier alpha value is -0.0151. The molecule has 4 saturated heterocycles. The maximum Gasteiger partial charge on any atom is 0.155 e. The molecule has 4 aliphatic heterocycles. The van der Waals surface area contributed by atoms with Gasteiger partial charge in [-0.05, 0) is 116 Å². The van der Waals surface area contributed by atoms with Crippen molar-refractivity contribution >= 4 is 6.71 Å². The van der Waals surface area contributed by atoms with Gasteiger partial charge in [0.1, 0.15) is 0 Å². The average Bonchev–Trinajstić information content (AvgIpc) is 2.96. The Morgan fingerprint density at radius 1 is 0.450 bits per heavy atom. The number of rotatable bonds is 0. The third-order valence-electron chi connectivity index (χ3n) is 16.3. The van der Waals surface area contributed by atoms with Crippen LogP contribution >= 0.6 is 0 Å². The number of nitrogens with zero attached hydrogens (tertiary/aromatic N) is 2. The minimum absolute atomic E-state index is 0.641. The Kier molecular flexibility index (Phi) is 10.0. The van der Waals surface area contributed by atoms with E-state index in [1.165, 1.54) is 13.0 Å². The molecule has 4 rings (SSSR count). The summed E-state index contributed by atoms with van der Waals surface area (Å²) in [5, 5.41) is 0. The summed E-state index contributed by atoms with van der Waals surface area (Å²) in [7, 11) is 0. The Morgan fingerprint density at radius 3 is 1.45 bits per heavy atom. The standard InChI is InChI=1S/C37H71BN2/c1-19-17-36-30(12)38-31(13)37-29(11)26(8)23(5)22(4)25(7)28(10)33(15)40(37)34(16)35(38)18-39(36)32(14)27(9)24(6)21(3)20(19)2/h19-37H,17-18H2,1-16H3. The second-order valence-corrected chi connectivity index (χ2v) is 17.2. The van der Waals surface area contributed by atoms with Crippen molar-refractivity contribution < 1.29 is 0 Å². The number of hydrogen-bond donors (Lipinski definition) is 0. The average molecular weight is 555 g/mol. The molecule has 19 unspecified atom stereocenters. The van der Waals surface area contributed by atoms with Gasteiger partial charge in [0.05, 0.1) is 0 Å². The van der Waals surface area contributed by atoms with Crippen LogP contribution in [0.15, 0.2) is 0 Å². The maximum absolute atomic E-state index is 3.13. The van der Waals surface area contributed by atoms with Gasteiger partial charge in [0.2, 0.25) is 0 Å². The highest BCUT2D eigenvalue weighted by Crippen LogP contribution is 2.56. The van der Waals surface area contributed by atoms with E-state index in [2.05, 4.69) is 121 Å². The van der Waals surface area contributed by atoms with Gasteiger partial charge in [-0.1, -0.05) is 90.0 Å². The molecule has 0 aromatic heterocycles. The van der Waals surface area contributed by atoms with E-state index >= 15 is 0 Å². The molecule has 0 amide bonds. The van der Waals surface area contributed by atoms with E-state index in [0.717, 1.165) is 95.3 Å². The first kappa shape index (κ1) is 32.9. The molecule has 0 aliphatic carbocycles. The van der Waals surface area contributed by atoms with E-state index in [1.807, 2.05) is 0 Å². The smallest absolute Gasteiger partial charge is 0.155 e. The van der Waals surface area contributed by atoms with Crippen molar-refractivity contribution in [1.82, 2.24) is 9.80 Å². The topological polar surface area (TPSA) is 6.48 Å². The fourth-order valence-corrected chi connectivity index (χ4v) is 11.7. The second kappa shape index (κ2) is 12.2. The van der Waals surface area contributed by atoms with Crippen molar-refractivity contribution in [3.63, 3.8) is 0 Å². The Morgan fingerprint density at radius 2 is 0.900 bits per heavy atom. The van der Waals surface area contributed by atoms with Gasteiger partial charge >= 0.3 is 0 Å². The van der Waals surface area contributed by atoms with Gasteiger partial charge in [-0.3, -0.25) is 9.80 Å². The van der Waals surface area contributed by atoms with Gasteiger partial charge < -0.3 is 0 Å². The molecule has 0 saturated carbocycles. The van der Waals surface area contributed by atoms with E-state index in [0.29, 0.717) is 24.2 Å². The lowest BCUT2D eigenvalue weighted by Crippen LogP contribution is -2.69. The van der Waals surface area contributed by atoms with Crippen molar-refractivity contribution in [2.24, 2.45) is 65.1 Å². The highest BCUT2D eigenvalue weighted by atomic mass is 15.3. The van der Waals surface area contributed by atoms with Crippen LogP contribution in [0.3, 0.4) is 0 Å². The summed E-state index contributed by atoms with van der Waals surface area (Å²) in [4.78, 5) is 6.22. The molecule has 0 bridgehead atoms. The van der Waals surface area contributed by atoms with Crippen LogP contribution in [0.1, 0.15) is 117 Å². The quantitative estimate of drug-likeness (QED) is 0.275. The zero-order chi connectivity index (χ0) is 30.1. The molecule has 19 atom stereocenters. The second-order valence-electron chi connectivity index (χ2n) is 17.2. The van der Waals surface area contributed by atoms with Crippen molar-refractivity contribution in [3.05, 3.63) is 0 Å². The lowest BCUT2D eigenvalue weighted by molar-refractivity contribution is -0.0161. The fourth-order valence-electron chi connectivity index (χ4n) is 11.7. The molecular formula is C37H71BN2. The summed E-state index contributed by atoms with van der Waals surface area (Å²) in [6, 6.07) is 3.38. The summed E-state index contributed by atoms with van der Waals surface area (Å²) >= 11 is 0. The monoisotopic (exact) mass is 555 g/mol. The van der Waals surface area contributed by atoms with Gasteiger partial charge in [0, 0.05) is 30.2 Å². The van der Waals surface area contributed by atoms with Gasteiger partial charge in [-0.25, -0.2) is 0 Å². The van der Waals surface area contributed by atoms with E-state index < -0.39 is 0 Å². The van der Waals surface area contributed by atoms with Gasteiger partial charge in [-0.15, -0.1) is 0 Å². The van der Waals surface area contributed by atoms with Crippen LogP contribution < -0.4 is 0 Å². The van der Waals surface area contributed by atoms with Crippen LogP contribution in [0.5, 0.6) is 0 Å². The van der Waals surface area contributed by atoms with E-state index in [1.54, 1.807) is 0 Å². The zero-order valence-corrected chi connectivity index (χ0v) is 29.9. The summed E-state index contributed by atoms with van der Waals surface area (Å²) in [6.07, 6.45) is 1.39. The van der Waals surface area contributed by atoms with Crippen LogP contribution in [0, 0.1) is 65.1 Å². The molecule has 2 nitrogen and oxygen atoms in total. The lowest BCUT2D eigenvalue weighted by atomic mass is 9.22. The first-order valence-corrected chi connectivity index (χ1v) is 18.1. The minimum Gasteiger partial charge on any atom is -0.298 e. The van der Waals surface area contributed by atoms with Crippen LogP contribution in [0.25, 0.3) is 0 Å². The molecule has 4 heterocycles. The fraction of sp³-hybridized carbons (Fsp3) is 1.00. The van der Waals surface area contributed by atoms with Crippen molar-refractivity contribution in [2.75, 3.05) is 6.54 Å². The zero-order valence-electron chi connectivity index (χ0n) is 29.9. The van der Waals surface area contributed by atoms with Crippen LogP contribution in [-0.4, -0.2) is 53.3 Å². The SMILES string of the molecule is CC1CC2C(C)B3C(C)C4C(C)C(C)C(C)C(C)C(C)C(C)C(C)N4C(C)C3CN2C(C)C(C)C(C)C(C)C1C. The molecule has 3 heteroatoms. The predicted octanol–water partition coefficient (Wildman–Crippen LogP) is 9.58. The molecule has 0 radical (unpaired) electrons. The lowest BCUT2D eigenvalue weighted by Gasteiger charge is -2.63. The highest BCUT2D eigenvalue weighted by Gasteiger charge is 2.58. The molecule has 4 aliphatic rings. The van der Waals surface area contributed by atoms with Crippen molar-refractivity contribution in [2.45, 2.75) is 165 Å². The highest BCUT2D eigenvalue weighted by molar-refractivity contribution is 6.64. The summed E-state index contributed by atoms with van der Waals surface area (Å²) in [6.45, 7) is 43.9. The molecule has 232 valence electrons. The minimum atomic E-state index is 0.641. The first-order valence-electron chi connectivity index (χ1n) is 18.1. The predicted molar refractivity (Wildman–Crippen MR) is 178 cm³/mol. The molecule has 40 heavy (non-hydrogen) atoms. The number of fused-ring (bicyclic) bond motifs is 3.